The standard InChI is InChI=1S/C20H19FN4O2S2/c1-2-18(27)23-16-9-5-14(6-10-16)17(26)12-28-20-25-24-19(29-20)22-11-13-3-7-15(21)8-4-13/h3-10H,2,11-12H2,1H3,(H,22,24)(H,23,27). The van der Waals surface area contributed by atoms with Crippen molar-refractivity contribution >= 4 is 45.6 Å². The molecule has 0 aliphatic heterocycles. The molecule has 2 N–H and O–H groups in total. The number of Topliss-reactive ketones (excluding diaryl/α,β-unsaturated/α-hetero) is 1. The summed E-state index contributed by atoms with van der Waals surface area (Å²) in [4.78, 5) is 23.7. The molecule has 0 radical (unpaired) electrons. The Hall–Kier alpha value is -2.78. The number of anilines is 2. The van der Waals surface area contributed by atoms with Crippen molar-refractivity contribution in [3.8, 4) is 0 Å². The summed E-state index contributed by atoms with van der Waals surface area (Å²) < 4.78 is 13.6. The molecule has 2 aromatic carbocycles. The number of hydrogen-bond donors (Lipinski definition) is 2. The second-order valence-corrected chi connectivity index (χ2v) is 8.24. The zero-order chi connectivity index (χ0) is 20.6. The SMILES string of the molecule is CCC(=O)Nc1ccc(C(=O)CSc2nnc(NCc3ccc(F)cc3)s2)cc1. The van der Waals surface area contributed by atoms with E-state index in [0.717, 1.165) is 5.56 Å². The summed E-state index contributed by atoms with van der Waals surface area (Å²) in [6, 6.07) is 13.1. The summed E-state index contributed by atoms with van der Waals surface area (Å²) in [5.74, 6) is -0.125. The van der Waals surface area contributed by atoms with Crippen LogP contribution in [0.5, 0.6) is 0 Å². The van der Waals surface area contributed by atoms with Gasteiger partial charge in [0.1, 0.15) is 5.82 Å². The number of carbonyl (C=O) groups is 2. The first-order chi connectivity index (χ1) is 14.0. The Morgan fingerprint density at radius 3 is 2.48 bits per heavy atom. The number of benzene rings is 2. The largest absolute Gasteiger partial charge is 0.356 e. The molecule has 3 rings (SSSR count). The van der Waals surface area contributed by atoms with Crippen LogP contribution >= 0.6 is 23.1 Å². The third-order valence-corrected chi connectivity index (χ3v) is 5.92. The van der Waals surface area contributed by atoms with Crippen LogP contribution in [0.1, 0.15) is 29.3 Å². The van der Waals surface area contributed by atoms with E-state index in [1.165, 1.54) is 35.2 Å². The van der Waals surface area contributed by atoms with Crippen molar-refractivity contribution < 1.29 is 14.0 Å². The summed E-state index contributed by atoms with van der Waals surface area (Å²) >= 11 is 2.68. The lowest BCUT2D eigenvalue weighted by Crippen LogP contribution is -2.09. The van der Waals surface area contributed by atoms with Gasteiger partial charge in [-0.1, -0.05) is 42.2 Å². The van der Waals surface area contributed by atoms with Crippen LogP contribution in [0.2, 0.25) is 0 Å². The number of amides is 1. The molecule has 0 saturated carbocycles. The first-order valence-electron chi connectivity index (χ1n) is 8.91. The molecule has 0 saturated heterocycles. The lowest BCUT2D eigenvalue weighted by atomic mass is 10.1. The molecule has 0 aliphatic carbocycles. The molecule has 0 spiro atoms. The maximum atomic E-state index is 12.9. The van der Waals surface area contributed by atoms with E-state index in [-0.39, 0.29) is 23.3 Å². The summed E-state index contributed by atoms with van der Waals surface area (Å²) in [7, 11) is 0. The maximum Gasteiger partial charge on any atom is 0.224 e. The van der Waals surface area contributed by atoms with Crippen LogP contribution in [0, 0.1) is 5.82 Å². The van der Waals surface area contributed by atoms with Crippen LogP contribution in [0.3, 0.4) is 0 Å². The summed E-state index contributed by atoms with van der Waals surface area (Å²) in [6.45, 7) is 2.29. The maximum absolute atomic E-state index is 12.9. The van der Waals surface area contributed by atoms with Crippen LogP contribution < -0.4 is 10.6 Å². The molecule has 6 nitrogen and oxygen atoms in total. The number of aromatic nitrogens is 2. The second kappa shape index (κ2) is 10.1. The highest BCUT2D eigenvalue weighted by Crippen LogP contribution is 2.26. The molecular formula is C20H19FN4O2S2. The number of rotatable bonds is 9. The van der Waals surface area contributed by atoms with Gasteiger partial charge in [0.05, 0.1) is 5.75 Å². The van der Waals surface area contributed by atoms with Crippen molar-refractivity contribution in [2.24, 2.45) is 0 Å². The summed E-state index contributed by atoms with van der Waals surface area (Å²) in [5.41, 5.74) is 2.18. The van der Waals surface area contributed by atoms with Crippen molar-refractivity contribution in [3.05, 3.63) is 65.5 Å². The summed E-state index contributed by atoms with van der Waals surface area (Å²) in [6.07, 6.45) is 0.403. The molecule has 1 aromatic heterocycles. The van der Waals surface area contributed by atoms with Crippen LogP contribution in [-0.2, 0) is 11.3 Å². The third kappa shape index (κ3) is 6.37. The minimum Gasteiger partial charge on any atom is -0.356 e. The molecule has 0 bridgehead atoms. The Morgan fingerprint density at radius 1 is 1.07 bits per heavy atom. The number of nitrogens with one attached hydrogen (secondary N) is 2. The van der Waals surface area contributed by atoms with E-state index in [4.69, 9.17) is 0 Å². The van der Waals surface area contributed by atoms with Gasteiger partial charge < -0.3 is 10.6 Å². The highest BCUT2D eigenvalue weighted by molar-refractivity contribution is 8.01. The lowest BCUT2D eigenvalue weighted by Gasteiger charge is -2.04. The number of thioether (sulfide) groups is 1. The van der Waals surface area contributed by atoms with Gasteiger partial charge in [0.15, 0.2) is 10.1 Å². The fourth-order valence-corrected chi connectivity index (χ4v) is 3.96. The van der Waals surface area contributed by atoms with Gasteiger partial charge in [0, 0.05) is 24.2 Å². The first kappa shape index (κ1) is 20.9. The highest BCUT2D eigenvalue weighted by atomic mass is 32.2. The molecule has 1 amide bonds. The Kier molecular flexibility index (Phi) is 7.31. The lowest BCUT2D eigenvalue weighted by molar-refractivity contribution is -0.115. The Labute approximate surface area is 175 Å². The van der Waals surface area contributed by atoms with Crippen molar-refractivity contribution in [1.29, 1.82) is 0 Å². The fraction of sp³-hybridized carbons (Fsp3) is 0.200. The van der Waals surface area contributed by atoms with Gasteiger partial charge in [-0.05, 0) is 42.0 Å². The normalized spacial score (nSPS) is 10.6. The van der Waals surface area contributed by atoms with E-state index in [1.807, 2.05) is 0 Å². The minimum absolute atomic E-state index is 0.0283. The smallest absolute Gasteiger partial charge is 0.224 e. The van der Waals surface area contributed by atoms with Gasteiger partial charge >= 0.3 is 0 Å². The fourth-order valence-electron chi connectivity index (χ4n) is 2.32. The van der Waals surface area contributed by atoms with Gasteiger partial charge in [-0.2, -0.15) is 0 Å². The zero-order valence-electron chi connectivity index (χ0n) is 15.6. The molecule has 0 aliphatic rings. The average molecular weight is 431 g/mol. The van der Waals surface area contributed by atoms with E-state index >= 15 is 0 Å². The number of hydrogen-bond acceptors (Lipinski definition) is 7. The van der Waals surface area contributed by atoms with Gasteiger partial charge in [-0.3, -0.25) is 9.59 Å². The van der Waals surface area contributed by atoms with E-state index in [1.54, 1.807) is 43.3 Å². The molecule has 0 atom stereocenters. The number of carbonyl (C=O) groups excluding carboxylic acids is 2. The van der Waals surface area contributed by atoms with E-state index in [0.29, 0.717) is 33.7 Å². The molecule has 29 heavy (non-hydrogen) atoms. The number of nitrogens with zero attached hydrogens (tertiary/aromatic N) is 2. The van der Waals surface area contributed by atoms with Crippen molar-refractivity contribution in [2.75, 3.05) is 16.4 Å². The van der Waals surface area contributed by atoms with Crippen LogP contribution in [0.15, 0.2) is 52.9 Å². The average Bonchev–Trinajstić information content (AvgIpc) is 3.20. The molecule has 1 heterocycles. The van der Waals surface area contributed by atoms with E-state index in [9.17, 15) is 14.0 Å². The van der Waals surface area contributed by atoms with Crippen molar-refractivity contribution in [3.63, 3.8) is 0 Å². The summed E-state index contributed by atoms with van der Waals surface area (Å²) in [5, 5.41) is 14.7. The van der Waals surface area contributed by atoms with Crippen LogP contribution in [0.4, 0.5) is 15.2 Å². The predicted octanol–water partition coefficient (Wildman–Crippen LogP) is 4.61. The molecule has 9 heteroatoms. The molecule has 150 valence electrons. The predicted molar refractivity (Wildman–Crippen MR) is 114 cm³/mol. The van der Waals surface area contributed by atoms with Crippen LogP contribution in [0.25, 0.3) is 0 Å². The highest BCUT2D eigenvalue weighted by Gasteiger charge is 2.11. The van der Waals surface area contributed by atoms with Crippen LogP contribution in [-0.4, -0.2) is 27.6 Å². The Bertz CT molecular complexity index is 975. The van der Waals surface area contributed by atoms with Gasteiger partial charge in [0.25, 0.3) is 0 Å². The number of halogens is 1. The van der Waals surface area contributed by atoms with Gasteiger partial charge in [0.2, 0.25) is 11.0 Å². The Morgan fingerprint density at radius 2 is 1.79 bits per heavy atom. The number of ketones is 1. The van der Waals surface area contributed by atoms with Gasteiger partial charge in [-0.15, -0.1) is 10.2 Å². The molecular weight excluding hydrogens is 411 g/mol. The molecule has 0 fully saturated rings. The topological polar surface area (TPSA) is 84.0 Å². The monoisotopic (exact) mass is 430 g/mol. The minimum atomic E-state index is -0.270. The quantitative estimate of drug-likeness (QED) is 0.381. The second-order valence-electron chi connectivity index (χ2n) is 6.04. The van der Waals surface area contributed by atoms with Crippen molar-refractivity contribution in [2.45, 2.75) is 24.2 Å². The third-order valence-electron chi connectivity index (χ3n) is 3.90. The molecule has 0 unspecified atom stereocenters. The Balaban J connectivity index is 1.48. The van der Waals surface area contributed by atoms with Crippen molar-refractivity contribution in [1.82, 2.24) is 10.2 Å². The van der Waals surface area contributed by atoms with E-state index < -0.39 is 0 Å². The van der Waals surface area contributed by atoms with E-state index in [2.05, 4.69) is 20.8 Å². The van der Waals surface area contributed by atoms with Gasteiger partial charge in [-0.25, -0.2) is 4.39 Å². The first-order valence-corrected chi connectivity index (χ1v) is 10.7. The molecule has 3 aromatic rings. The zero-order valence-corrected chi connectivity index (χ0v) is 17.3.